The lowest BCUT2D eigenvalue weighted by atomic mass is 9.97. The van der Waals surface area contributed by atoms with Crippen LogP contribution in [0.1, 0.15) is 34.6 Å². The lowest BCUT2D eigenvalue weighted by Gasteiger charge is -2.15. The van der Waals surface area contributed by atoms with Crippen LogP contribution in [0.25, 0.3) is 0 Å². The molecule has 0 spiro atoms. The second-order valence-electron chi connectivity index (χ2n) is 5.18. The van der Waals surface area contributed by atoms with E-state index in [4.69, 9.17) is 0 Å². The van der Waals surface area contributed by atoms with Crippen molar-refractivity contribution in [2.24, 2.45) is 11.8 Å². The van der Waals surface area contributed by atoms with Gasteiger partial charge >= 0.3 is 0 Å². The van der Waals surface area contributed by atoms with Crippen molar-refractivity contribution in [3.8, 4) is 0 Å². The second-order valence-corrected chi connectivity index (χ2v) is 5.18. The zero-order valence-electron chi connectivity index (χ0n) is 12.0. The van der Waals surface area contributed by atoms with Crippen LogP contribution in [0, 0.1) is 11.8 Å². The van der Waals surface area contributed by atoms with E-state index in [2.05, 4.69) is 43.6 Å². The van der Waals surface area contributed by atoms with E-state index < -0.39 is 0 Å². The second kappa shape index (κ2) is 9.42. The molecule has 0 bridgehead atoms. The summed E-state index contributed by atoms with van der Waals surface area (Å²) < 4.78 is 0. The highest BCUT2D eigenvalue weighted by Crippen LogP contribution is 2.08. The van der Waals surface area contributed by atoms with Crippen molar-refractivity contribution >= 4 is 5.91 Å². The largest absolute Gasteiger partial charge is 0.355 e. The van der Waals surface area contributed by atoms with Crippen molar-refractivity contribution in [1.82, 2.24) is 16.0 Å². The van der Waals surface area contributed by atoms with Crippen LogP contribution in [0.3, 0.4) is 0 Å². The summed E-state index contributed by atoms with van der Waals surface area (Å²) in [5.41, 5.74) is 0. The van der Waals surface area contributed by atoms with E-state index in [1.165, 1.54) is 0 Å². The molecule has 17 heavy (non-hydrogen) atoms. The summed E-state index contributed by atoms with van der Waals surface area (Å²) in [6.07, 6.45) is 0. The van der Waals surface area contributed by atoms with Crippen molar-refractivity contribution in [1.29, 1.82) is 0 Å². The van der Waals surface area contributed by atoms with Gasteiger partial charge < -0.3 is 16.0 Å². The van der Waals surface area contributed by atoms with Gasteiger partial charge in [0.05, 0.1) is 0 Å². The van der Waals surface area contributed by atoms with Crippen LogP contribution in [0.15, 0.2) is 0 Å². The number of carbonyl (C=O) groups excluding carboxylic acids is 1. The Morgan fingerprint density at radius 1 is 0.941 bits per heavy atom. The van der Waals surface area contributed by atoms with E-state index in [0.717, 1.165) is 19.6 Å². The molecule has 4 nitrogen and oxygen atoms in total. The van der Waals surface area contributed by atoms with Gasteiger partial charge in [0.15, 0.2) is 0 Å². The molecule has 0 aromatic heterocycles. The van der Waals surface area contributed by atoms with E-state index in [0.29, 0.717) is 18.5 Å². The summed E-state index contributed by atoms with van der Waals surface area (Å²) in [6.45, 7) is 13.8. The minimum atomic E-state index is 0.0950. The van der Waals surface area contributed by atoms with Gasteiger partial charge in [-0.3, -0.25) is 4.79 Å². The van der Waals surface area contributed by atoms with E-state index in [-0.39, 0.29) is 11.8 Å². The molecule has 0 aliphatic heterocycles. The summed E-state index contributed by atoms with van der Waals surface area (Å²) in [4.78, 5) is 11.6. The molecule has 3 N–H and O–H groups in total. The molecule has 1 atom stereocenters. The molecule has 1 amide bonds. The first-order valence-electron chi connectivity index (χ1n) is 6.67. The first-order chi connectivity index (χ1) is 7.95. The predicted octanol–water partition coefficient (Wildman–Crippen LogP) is 0.982. The SMILES string of the molecule is CC(C)NCCNCCNC(=O)[C@@H](C)C(C)C. The summed E-state index contributed by atoms with van der Waals surface area (Å²) >= 11 is 0. The summed E-state index contributed by atoms with van der Waals surface area (Å²) in [7, 11) is 0. The Labute approximate surface area is 106 Å². The lowest BCUT2D eigenvalue weighted by molar-refractivity contribution is -0.125. The fraction of sp³-hybridized carbons (Fsp3) is 0.923. The van der Waals surface area contributed by atoms with E-state index in [1.54, 1.807) is 0 Å². The topological polar surface area (TPSA) is 53.2 Å². The van der Waals surface area contributed by atoms with Crippen LogP contribution in [-0.2, 0) is 4.79 Å². The van der Waals surface area contributed by atoms with Crippen molar-refractivity contribution in [2.45, 2.75) is 40.7 Å². The van der Waals surface area contributed by atoms with Crippen LogP contribution in [-0.4, -0.2) is 38.1 Å². The first-order valence-corrected chi connectivity index (χ1v) is 6.67. The average molecular weight is 243 g/mol. The van der Waals surface area contributed by atoms with Gasteiger partial charge in [-0.1, -0.05) is 34.6 Å². The Morgan fingerprint density at radius 2 is 1.53 bits per heavy atom. The highest BCUT2D eigenvalue weighted by atomic mass is 16.1. The van der Waals surface area contributed by atoms with Gasteiger partial charge in [-0.25, -0.2) is 0 Å². The molecule has 0 aromatic rings. The molecule has 102 valence electrons. The maximum atomic E-state index is 11.6. The molecule has 0 aliphatic carbocycles. The fourth-order valence-electron chi connectivity index (χ4n) is 1.31. The van der Waals surface area contributed by atoms with Crippen LogP contribution in [0.2, 0.25) is 0 Å². The monoisotopic (exact) mass is 243 g/mol. The fourth-order valence-corrected chi connectivity index (χ4v) is 1.31. The number of hydrogen-bond donors (Lipinski definition) is 3. The quantitative estimate of drug-likeness (QED) is 0.529. The Bertz CT molecular complexity index is 205. The van der Waals surface area contributed by atoms with Crippen molar-refractivity contribution < 1.29 is 4.79 Å². The highest BCUT2D eigenvalue weighted by molar-refractivity contribution is 5.78. The molecule has 0 saturated carbocycles. The summed E-state index contributed by atoms with van der Waals surface area (Å²) in [5, 5.41) is 9.56. The molecule has 0 heterocycles. The molecule has 0 rings (SSSR count). The minimum absolute atomic E-state index is 0.0950. The molecule has 0 unspecified atom stereocenters. The van der Waals surface area contributed by atoms with Gasteiger partial charge in [0.25, 0.3) is 0 Å². The number of amides is 1. The van der Waals surface area contributed by atoms with Crippen LogP contribution >= 0.6 is 0 Å². The minimum Gasteiger partial charge on any atom is -0.355 e. The number of nitrogens with one attached hydrogen (secondary N) is 3. The summed E-state index contributed by atoms with van der Waals surface area (Å²) in [5.74, 6) is 0.651. The Hall–Kier alpha value is -0.610. The van der Waals surface area contributed by atoms with E-state index in [9.17, 15) is 4.79 Å². The molecular weight excluding hydrogens is 214 g/mol. The van der Waals surface area contributed by atoms with Crippen molar-refractivity contribution in [3.63, 3.8) is 0 Å². The van der Waals surface area contributed by atoms with E-state index >= 15 is 0 Å². The predicted molar refractivity (Wildman–Crippen MR) is 73.0 cm³/mol. The number of rotatable bonds is 9. The van der Waals surface area contributed by atoms with Gasteiger partial charge in [-0.15, -0.1) is 0 Å². The lowest BCUT2D eigenvalue weighted by Crippen LogP contribution is -2.38. The van der Waals surface area contributed by atoms with Gasteiger partial charge in [-0.05, 0) is 5.92 Å². The first kappa shape index (κ1) is 16.4. The summed E-state index contributed by atoms with van der Waals surface area (Å²) in [6, 6.07) is 0.531. The zero-order valence-corrected chi connectivity index (χ0v) is 12.0. The Balaban J connectivity index is 3.37. The van der Waals surface area contributed by atoms with Gasteiger partial charge in [0.2, 0.25) is 5.91 Å². The van der Waals surface area contributed by atoms with Crippen LogP contribution in [0.4, 0.5) is 0 Å². The third kappa shape index (κ3) is 9.12. The normalized spacial score (nSPS) is 13.1. The molecule has 0 aliphatic rings. The standard InChI is InChI=1S/C13H29N3O/c1-10(2)12(5)13(17)16-9-7-14-6-8-15-11(3)4/h10-12,14-15H,6-9H2,1-5H3,(H,16,17)/t12-/m0/s1. The maximum Gasteiger partial charge on any atom is 0.223 e. The highest BCUT2D eigenvalue weighted by Gasteiger charge is 2.15. The molecule has 0 saturated heterocycles. The molecule has 0 radical (unpaired) electrons. The third-order valence-corrected chi connectivity index (χ3v) is 2.87. The Morgan fingerprint density at radius 3 is 2.06 bits per heavy atom. The third-order valence-electron chi connectivity index (χ3n) is 2.87. The Kier molecular flexibility index (Phi) is 9.09. The van der Waals surface area contributed by atoms with Crippen LogP contribution in [0.5, 0.6) is 0 Å². The maximum absolute atomic E-state index is 11.6. The smallest absolute Gasteiger partial charge is 0.223 e. The van der Waals surface area contributed by atoms with Crippen molar-refractivity contribution in [2.75, 3.05) is 26.2 Å². The van der Waals surface area contributed by atoms with Gasteiger partial charge in [0.1, 0.15) is 0 Å². The average Bonchev–Trinajstić information content (AvgIpc) is 2.25. The van der Waals surface area contributed by atoms with E-state index in [1.807, 2.05) is 6.92 Å². The molecular formula is C13H29N3O. The molecule has 4 heteroatoms. The van der Waals surface area contributed by atoms with Crippen molar-refractivity contribution in [3.05, 3.63) is 0 Å². The zero-order chi connectivity index (χ0) is 13.3. The molecule has 0 aromatic carbocycles. The molecule has 0 fully saturated rings. The van der Waals surface area contributed by atoms with Crippen LogP contribution < -0.4 is 16.0 Å². The number of carbonyl (C=O) groups is 1. The van der Waals surface area contributed by atoms with Gasteiger partial charge in [0, 0.05) is 38.1 Å². The number of hydrogen-bond acceptors (Lipinski definition) is 3. The van der Waals surface area contributed by atoms with Gasteiger partial charge in [-0.2, -0.15) is 0 Å².